The van der Waals surface area contributed by atoms with E-state index in [9.17, 15) is 0 Å². The van der Waals surface area contributed by atoms with Crippen molar-refractivity contribution in [2.24, 2.45) is 0 Å². The Bertz CT molecular complexity index is 634. The Balaban J connectivity index is 0.000001000. The molecule has 4 rings (SSSR count). The van der Waals surface area contributed by atoms with E-state index in [2.05, 4.69) is 48.3 Å². The van der Waals surface area contributed by atoms with Gasteiger partial charge in [0.15, 0.2) is 0 Å². The van der Waals surface area contributed by atoms with Gasteiger partial charge in [-0.25, -0.2) is 0 Å². The van der Waals surface area contributed by atoms with Crippen LogP contribution in [-0.4, -0.2) is 18.1 Å². The Hall–Kier alpha value is -0.926. The maximum atomic E-state index is 5.97. The minimum absolute atomic E-state index is 0. The molecule has 0 spiro atoms. The molecular weight excluding hydrogens is 301 g/mol. The van der Waals surface area contributed by atoms with Gasteiger partial charge < -0.3 is 14.2 Å². The van der Waals surface area contributed by atoms with Gasteiger partial charge in [0.05, 0.1) is 17.6 Å². The Morgan fingerprint density at radius 3 is 2.83 bits per heavy atom. The molecule has 1 aromatic carbocycles. The van der Waals surface area contributed by atoms with Gasteiger partial charge in [-0.05, 0) is 6.07 Å². The largest absolute Gasteiger partial charge is 0.511 e. The van der Waals surface area contributed by atoms with Gasteiger partial charge in [0, 0.05) is 52.2 Å². The van der Waals surface area contributed by atoms with E-state index in [1.807, 2.05) is 12.1 Å². The zero-order chi connectivity index (χ0) is 11.6. The molecule has 0 saturated carbocycles. The monoisotopic (exact) mass is 314 g/mol. The second kappa shape index (κ2) is 4.04. The predicted molar refractivity (Wildman–Crippen MR) is 67.4 cm³/mol. The zero-order valence-corrected chi connectivity index (χ0v) is 13.3. The van der Waals surface area contributed by atoms with Crippen LogP contribution in [0.4, 0.5) is 5.88 Å². The predicted octanol–water partition coefficient (Wildman–Crippen LogP) is 2.94. The summed E-state index contributed by atoms with van der Waals surface area (Å²) < 4.78 is 5.97. The van der Waals surface area contributed by atoms with Crippen LogP contribution in [0.3, 0.4) is 0 Å². The van der Waals surface area contributed by atoms with E-state index in [4.69, 9.17) is 4.42 Å². The maximum Gasteiger partial charge on any atom is 0.0936 e. The zero-order valence-electron chi connectivity index (χ0n) is 10.4. The van der Waals surface area contributed by atoms with Crippen molar-refractivity contribution in [3.05, 3.63) is 48.1 Å². The van der Waals surface area contributed by atoms with Crippen LogP contribution in [0.1, 0.15) is 12.5 Å². The minimum Gasteiger partial charge on any atom is -0.511 e. The van der Waals surface area contributed by atoms with Crippen molar-refractivity contribution in [2.45, 2.75) is 13.1 Å². The van der Waals surface area contributed by atoms with E-state index in [-0.39, 0.29) is 32.7 Å². The number of fused-ring (bicyclic) bond motifs is 5. The number of benzene rings is 1. The third-order valence-electron chi connectivity index (χ3n) is 3.70. The standard InChI is InChI=1S/C14H13N2O.Y/c1-9-12-10-5-3-4-6-11(10)17-14(12)16-8-7-15(2)13(9)16;/h3-8,13H,1-2H3;/q-1;. The molecule has 0 bridgehead atoms. The third kappa shape index (κ3) is 1.35. The van der Waals surface area contributed by atoms with E-state index in [1.54, 1.807) is 0 Å². The molecule has 4 heteroatoms. The molecule has 2 aromatic rings. The van der Waals surface area contributed by atoms with E-state index in [0.29, 0.717) is 6.17 Å². The summed E-state index contributed by atoms with van der Waals surface area (Å²) in [5.74, 6) is 2.34. The molecule has 3 heterocycles. The van der Waals surface area contributed by atoms with Crippen LogP contribution < -0.4 is 4.90 Å². The van der Waals surface area contributed by atoms with Crippen LogP contribution in [0.2, 0.25) is 0 Å². The van der Waals surface area contributed by atoms with Gasteiger partial charge in [-0.15, -0.1) is 17.5 Å². The second-order valence-corrected chi connectivity index (χ2v) is 4.71. The molecule has 1 aromatic heterocycles. The number of likely N-dealkylation sites (N-methyl/N-ethyl adjacent to an activating group) is 1. The molecule has 1 atom stereocenters. The fourth-order valence-corrected chi connectivity index (χ4v) is 2.95. The van der Waals surface area contributed by atoms with Crippen LogP contribution in [0.15, 0.2) is 41.1 Å². The third-order valence-corrected chi connectivity index (χ3v) is 3.70. The van der Waals surface area contributed by atoms with Crippen LogP contribution in [0.25, 0.3) is 11.0 Å². The second-order valence-electron chi connectivity index (χ2n) is 4.71. The normalized spacial score (nSPS) is 20.3. The van der Waals surface area contributed by atoms with Crippen LogP contribution in [-0.2, 0) is 32.7 Å². The fourth-order valence-electron chi connectivity index (χ4n) is 2.95. The summed E-state index contributed by atoms with van der Waals surface area (Å²) in [5.41, 5.74) is 2.24. The summed E-state index contributed by atoms with van der Waals surface area (Å²) in [6, 6.07) is 8.24. The van der Waals surface area contributed by atoms with Crippen LogP contribution in [0.5, 0.6) is 0 Å². The summed E-state index contributed by atoms with van der Waals surface area (Å²) in [6.45, 7) is 2.19. The Kier molecular flexibility index (Phi) is 2.72. The number of hydrogen-bond donors (Lipinski definition) is 0. The molecule has 89 valence electrons. The van der Waals surface area contributed by atoms with Gasteiger partial charge in [-0.1, -0.05) is 24.4 Å². The van der Waals surface area contributed by atoms with Crippen molar-refractivity contribution in [3.8, 4) is 0 Å². The summed E-state index contributed by atoms with van der Waals surface area (Å²) in [6.07, 6.45) is 4.47. The molecule has 0 saturated heterocycles. The van der Waals surface area contributed by atoms with Crippen molar-refractivity contribution < 1.29 is 37.1 Å². The Labute approximate surface area is 131 Å². The Morgan fingerprint density at radius 1 is 1.22 bits per heavy atom. The van der Waals surface area contributed by atoms with Gasteiger partial charge in [0.25, 0.3) is 0 Å². The van der Waals surface area contributed by atoms with Gasteiger partial charge >= 0.3 is 0 Å². The molecular formula is C14H13N2OY-. The number of anilines is 1. The first-order chi connectivity index (χ1) is 8.27. The summed E-state index contributed by atoms with van der Waals surface area (Å²) in [7, 11) is 2.10. The first-order valence-electron chi connectivity index (χ1n) is 5.81. The molecule has 1 unspecified atom stereocenters. The number of rotatable bonds is 0. The smallest absolute Gasteiger partial charge is 0.0936 e. The van der Waals surface area contributed by atoms with Gasteiger partial charge in [-0.2, -0.15) is 0 Å². The van der Waals surface area contributed by atoms with E-state index < -0.39 is 0 Å². The van der Waals surface area contributed by atoms with Crippen LogP contribution in [0, 0.1) is 5.92 Å². The molecule has 0 aliphatic carbocycles. The first-order valence-corrected chi connectivity index (χ1v) is 5.81. The molecule has 2 aliphatic rings. The topological polar surface area (TPSA) is 19.6 Å². The number of nitrogens with zero attached hydrogens (tertiary/aromatic N) is 2. The first kappa shape index (κ1) is 12.1. The molecule has 0 amide bonds. The number of para-hydroxylation sites is 1. The number of furan rings is 1. The van der Waals surface area contributed by atoms with Gasteiger partial charge in [-0.3, -0.25) is 0 Å². The molecule has 0 N–H and O–H groups in total. The molecule has 1 radical (unpaired) electrons. The van der Waals surface area contributed by atoms with E-state index >= 15 is 0 Å². The molecule has 18 heavy (non-hydrogen) atoms. The Morgan fingerprint density at radius 2 is 2.00 bits per heavy atom. The maximum absolute atomic E-state index is 5.97. The molecule has 2 aliphatic heterocycles. The SMILES string of the molecule is C[C-]1c2c(oc3ccccc23)N2C=CN(C)C12.[Y]. The summed E-state index contributed by atoms with van der Waals surface area (Å²) in [4.78, 5) is 4.41. The summed E-state index contributed by atoms with van der Waals surface area (Å²) in [5, 5.41) is 1.22. The fraction of sp³-hybridized carbons (Fsp3) is 0.214. The average molecular weight is 314 g/mol. The summed E-state index contributed by atoms with van der Waals surface area (Å²) >= 11 is 0. The van der Waals surface area contributed by atoms with Crippen molar-refractivity contribution in [3.63, 3.8) is 0 Å². The van der Waals surface area contributed by atoms with Gasteiger partial charge in [0.1, 0.15) is 0 Å². The quantitative estimate of drug-likeness (QED) is 0.697. The van der Waals surface area contributed by atoms with Crippen molar-refractivity contribution in [2.75, 3.05) is 11.9 Å². The minimum atomic E-state index is 0. The van der Waals surface area contributed by atoms with Crippen molar-refractivity contribution in [1.29, 1.82) is 0 Å². The van der Waals surface area contributed by atoms with E-state index in [0.717, 1.165) is 11.5 Å². The number of hydrogen-bond acceptors (Lipinski definition) is 3. The van der Waals surface area contributed by atoms with Crippen molar-refractivity contribution in [1.82, 2.24) is 4.90 Å². The molecule has 3 nitrogen and oxygen atoms in total. The van der Waals surface area contributed by atoms with Gasteiger partial charge in [0.2, 0.25) is 0 Å². The van der Waals surface area contributed by atoms with Crippen LogP contribution >= 0.6 is 0 Å². The van der Waals surface area contributed by atoms with E-state index in [1.165, 1.54) is 16.9 Å². The van der Waals surface area contributed by atoms with Crippen molar-refractivity contribution >= 4 is 16.9 Å². The molecule has 0 fully saturated rings. The average Bonchev–Trinajstić information content (AvgIpc) is 2.94.